The summed E-state index contributed by atoms with van der Waals surface area (Å²) in [7, 11) is 0. The van der Waals surface area contributed by atoms with Crippen LogP contribution >= 0.6 is 0 Å². The first-order valence-electron chi connectivity index (χ1n) is 7.02. The van der Waals surface area contributed by atoms with Crippen LogP contribution in [0.5, 0.6) is 0 Å². The van der Waals surface area contributed by atoms with Gasteiger partial charge in [-0.3, -0.25) is 0 Å². The first-order valence-corrected chi connectivity index (χ1v) is 7.02. The lowest BCUT2D eigenvalue weighted by Crippen LogP contribution is -2.49. The van der Waals surface area contributed by atoms with Crippen molar-refractivity contribution >= 4 is 6.03 Å². The van der Waals surface area contributed by atoms with Gasteiger partial charge in [0.1, 0.15) is 0 Å². The molecule has 0 saturated carbocycles. The number of urea groups is 1. The highest BCUT2D eigenvalue weighted by atomic mass is 16.2. The van der Waals surface area contributed by atoms with E-state index in [0.717, 1.165) is 32.6 Å². The van der Waals surface area contributed by atoms with Gasteiger partial charge in [-0.1, -0.05) is 13.3 Å². The molecule has 4 nitrogen and oxygen atoms in total. The van der Waals surface area contributed by atoms with E-state index in [1.807, 2.05) is 4.90 Å². The van der Waals surface area contributed by atoms with Crippen molar-refractivity contribution < 1.29 is 4.79 Å². The fraction of sp³-hybridized carbons (Fsp3) is 0.923. The summed E-state index contributed by atoms with van der Waals surface area (Å²) in [6.45, 7) is 5.95. The fourth-order valence-corrected chi connectivity index (χ4v) is 2.79. The number of nitrogens with one attached hydrogen (secondary N) is 2. The topological polar surface area (TPSA) is 44.4 Å². The minimum atomic E-state index is 0.129. The van der Waals surface area contributed by atoms with Gasteiger partial charge < -0.3 is 15.5 Å². The Morgan fingerprint density at radius 2 is 2.24 bits per heavy atom. The van der Waals surface area contributed by atoms with Gasteiger partial charge in [-0.25, -0.2) is 4.79 Å². The number of nitrogens with zero attached hydrogens (tertiary/aromatic N) is 1. The van der Waals surface area contributed by atoms with Gasteiger partial charge in [0.25, 0.3) is 0 Å². The summed E-state index contributed by atoms with van der Waals surface area (Å²) < 4.78 is 0. The van der Waals surface area contributed by atoms with Crippen molar-refractivity contribution in [3.63, 3.8) is 0 Å². The van der Waals surface area contributed by atoms with Crippen molar-refractivity contribution in [2.24, 2.45) is 5.92 Å². The molecule has 4 heteroatoms. The molecule has 2 aliphatic heterocycles. The summed E-state index contributed by atoms with van der Waals surface area (Å²) in [6.07, 6.45) is 6.16. The highest BCUT2D eigenvalue weighted by Crippen LogP contribution is 2.15. The molecule has 17 heavy (non-hydrogen) atoms. The summed E-state index contributed by atoms with van der Waals surface area (Å²) in [4.78, 5) is 13.9. The van der Waals surface area contributed by atoms with E-state index in [4.69, 9.17) is 0 Å². The Balaban J connectivity index is 1.69. The molecule has 2 heterocycles. The Hall–Kier alpha value is -0.770. The van der Waals surface area contributed by atoms with Crippen LogP contribution in [0.25, 0.3) is 0 Å². The minimum Gasteiger partial charge on any atom is -0.336 e. The lowest BCUT2D eigenvalue weighted by molar-refractivity contribution is 0.168. The molecule has 2 fully saturated rings. The molecule has 0 aromatic carbocycles. The molecule has 0 radical (unpaired) electrons. The summed E-state index contributed by atoms with van der Waals surface area (Å²) in [5.74, 6) is 0.655. The zero-order chi connectivity index (χ0) is 12.1. The number of rotatable bonds is 2. The smallest absolute Gasteiger partial charge is 0.317 e. The number of carbonyl (C=O) groups excluding carboxylic acids is 1. The van der Waals surface area contributed by atoms with Gasteiger partial charge in [0.2, 0.25) is 0 Å². The number of hydrogen-bond donors (Lipinski definition) is 2. The Morgan fingerprint density at radius 3 is 2.94 bits per heavy atom. The van der Waals surface area contributed by atoms with Gasteiger partial charge in [-0.15, -0.1) is 0 Å². The minimum absolute atomic E-state index is 0.129. The van der Waals surface area contributed by atoms with E-state index in [1.165, 1.54) is 25.7 Å². The van der Waals surface area contributed by atoms with E-state index in [9.17, 15) is 4.79 Å². The average Bonchev–Trinajstić information content (AvgIpc) is 2.37. The Kier molecular flexibility index (Phi) is 4.66. The van der Waals surface area contributed by atoms with Gasteiger partial charge in [-0.05, 0) is 38.1 Å². The molecular formula is C13H25N3O. The van der Waals surface area contributed by atoms with Crippen LogP contribution in [0, 0.1) is 5.92 Å². The SMILES string of the molecule is CC1CCCN(C(=O)NCC2CCCCN2)C1. The van der Waals surface area contributed by atoms with Gasteiger partial charge in [0, 0.05) is 25.7 Å². The predicted octanol–water partition coefficient (Wildman–Crippen LogP) is 1.57. The molecule has 0 aromatic rings. The molecule has 98 valence electrons. The highest BCUT2D eigenvalue weighted by molar-refractivity contribution is 5.74. The maximum Gasteiger partial charge on any atom is 0.317 e. The van der Waals surface area contributed by atoms with Crippen molar-refractivity contribution in [3.05, 3.63) is 0 Å². The predicted molar refractivity (Wildman–Crippen MR) is 69.0 cm³/mol. The third-order valence-corrected chi connectivity index (χ3v) is 3.86. The van der Waals surface area contributed by atoms with E-state index in [0.29, 0.717) is 12.0 Å². The van der Waals surface area contributed by atoms with Crippen LogP contribution in [0.2, 0.25) is 0 Å². The monoisotopic (exact) mass is 239 g/mol. The molecule has 0 spiro atoms. The summed E-state index contributed by atoms with van der Waals surface area (Å²) in [6, 6.07) is 0.610. The van der Waals surface area contributed by atoms with E-state index in [-0.39, 0.29) is 6.03 Å². The van der Waals surface area contributed by atoms with E-state index < -0.39 is 0 Å². The molecule has 0 bridgehead atoms. The summed E-state index contributed by atoms with van der Waals surface area (Å²) in [5.41, 5.74) is 0. The zero-order valence-electron chi connectivity index (χ0n) is 10.9. The lowest BCUT2D eigenvalue weighted by Gasteiger charge is -2.32. The molecular weight excluding hydrogens is 214 g/mol. The molecule has 2 unspecified atom stereocenters. The van der Waals surface area contributed by atoms with E-state index in [2.05, 4.69) is 17.6 Å². The van der Waals surface area contributed by atoms with Crippen LogP contribution < -0.4 is 10.6 Å². The van der Waals surface area contributed by atoms with Crippen molar-refractivity contribution in [3.8, 4) is 0 Å². The van der Waals surface area contributed by atoms with Crippen LogP contribution in [-0.2, 0) is 0 Å². The van der Waals surface area contributed by atoms with Gasteiger partial charge >= 0.3 is 6.03 Å². The Labute approximate surface area is 104 Å². The number of amides is 2. The molecule has 2 rings (SSSR count). The second-order valence-electron chi connectivity index (χ2n) is 5.53. The summed E-state index contributed by atoms with van der Waals surface area (Å²) >= 11 is 0. The van der Waals surface area contributed by atoms with Crippen LogP contribution in [-0.4, -0.2) is 43.2 Å². The number of carbonyl (C=O) groups is 1. The largest absolute Gasteiger partial charge is 0.336 e. The van der Waals surface area contributed by atoms with Crippen molar-refractivity contribution in [2.45, 2.75) is 45.1 Å². The molecule has 2 aliphatic rings. The van der Waals surface area contributed by atoms with Crippen LogP contribution in [0.3, 0.4) is 0 Å². The van der Waals surface area contributed by atoms with Crippen LogP contribution in [0.1, 0.15) is 39.0 Å². The van der Waals surface area contributed by atoms with Crippen molar-refractivity contribution in [2.75, 3.05) is 26.2 Å². The van der Waals surface area contributed by atoms with Crippen molar-refractivity contribution in [1.82, 2.24) is 15.5 Å². The molecule has 0 aromatic heterocycles. The van der Waals surface area contributed by atoms with Gasteiger partial charge in [0.05, 0.1) is 0 Å². The first-order chi connectivity index (χ1) is 8.25. The zero-order valence-corrected chi connectivity index (χ0v) is 10.9. The Bertz CT molecular complexity index is 251. The maximum absolute atomic E-state index is 12.0. The lowest BCUT2D eigenvalue weighted by atomic mass is 10.0. The molecule has 0 aliphatic carbocycles. The van der Waals surface area contributed by atoms with Crippen molar-refractivity contribution in [1.29, 1.82) is 0 Å². The Morgan fingerprint density at radius 1 is 1.35 bits per heavy atom. The molecule has 2 amide bonds. The molecule has 2 N–H and O–H groups in total. The highest BCUT2D eigenvalue weighted by Gasteiger charge is 2.21. The normalized spacial score (nSPS) is 30.1. The number of hydrogen-bond acceptors (Lipinski definition) is 2. The average molecular weight is 239 g/mol. The van der Waals surface area contributed by atoms with Gasteiger partial charge in [0.15, 0.2) is 0 Å². The van der Waals surface area contributed by atoms with Gasteiger partial charge in [-0.2, -0.15) is 0 Å². The maximum atomic E-state index is 12.0. The standard InChI is InChI=1S/C13H25N3O/c1-11-5-4-8-16(10-11)13(17)15-9-12-6-2-3-7-14-12/h11-12,14H,2-10H2,1H3,(H,15,17). The van der Waals surface area contributed by atoms with Crippen LogP contribution in [0.4, 0.5) is 4.79 Å². The van der Waals surface area contributed by atoms with Crippen LogP contribution in [0.15, 0.2) is 0 Å². The number of likely N-dealkylation sites (tertiary alicyclic amines) is 1. The first kappa shape index (κ1) is 12.7. The third-order valence-electron chi connectivity index (χ3n) is 3.86. The summed E-state index contributed by atoms with van der Waals surface area (Å²) in [5, 5.41) is 6.52. The van der Waals surface area contributed by atoms with E-state index >= 15 is 0 Å². The quantitative estimate of drug-likeness (QED) is 0.768. The van der Waals surface area contributed by atoms with E-state index in [1.54, 1.807) is 0 Å². The second kappa shape index (κ2) is 6.24. The second-order valence-corrected chi connectivity index (χ2v) is 5.53. The third kappa shape index (κ3) is 3.87. The molecule has 2 saturated heterocycles. The number of piperidine rings is 2. The molecule has 2 atom stereocenters. The fourth-order valence-electron chi connectivity index (χ4n) is 2.79.